The monoisotopic (exact) mass is 404 g/mol. The average Bonchev–Trinajstić information content (AvgIpc) is 3.22. The van der Waals surface area contributed by atoms with Gasteiger partial charge in [-0.2, -0.15) is 0 Å². The Balaban J connectivity index is 1.43. The van der Waals surface area contributed by atoms with E-state index in [4.69, 9.17) is 11.6 Å². The van der Waals surface area contributed by atoms with Gasteiger partial charge >= 0.3 is 0 Å². The number of nitrogens with zero attached hydrogens (tertiary/aromatic N) is 2. The maximum absolute atomic E-state index is 11.8. The van der Waals surface area contributed by atoms with Crippen molar-refractivity contribution in [2.24, 2.45) is 5.92 Å². The molecule has 1 unspecified atom stereocenters. The van der Waals surface area contributed by atoms with Crippen LogP contribution in [0.1, 0.15) is 12.5 Å². The van der Waals surface area contributed by atoms with Gasteiger partial charge < -0.3 is 15.1 Å². The number of nitrogens with one attached hydrogen (secondary N) is 2. The first-order chi connectivity index (χ1) is 13.0. The summed E-state index contributed by atoms with van der Waals surface area (Å²) in [5.41, 5.74) is 2.00. The molecule has 1 fully saturated rings. The van der Waals surface area contributed by atoms with Gasteiger partial charge in [-0.25, -0.2) is 4.98 Å². The number of aliphatic hydroxyl groups is 1. The maximum atomic E-state index is 11.8. The van der Waals surface area contributed by atoms with E-state index in [2.05, 4.69) is 26.8 Å². The van der Waals surface area contributed by atoms with Crippen LogP contribution in [0.5, 0.6) is 0 Å². The molecule has 2 aromatic heterocycles. The predicted octanol–water partition coefficient (Wildman–Crippen LogP) is 2.88. The van der Waals surface area contributed by atoms with E-state index in [-0.39, 0.29) is 22.8 Å². The number of H-pyrrole nitrogens is 2. The van der Waals surface area contributed by atoms with Crippen molar-refractivity contribution in [1.82, 2.24) is 19.9 Å². The van der Waals surface area contributed by atoms with Gasteiger partial charge in [0.15, 0.2) is 0 Å². The normalized spacial score (nSPS) is 21.7. The minimum Gasteiger partial charge on any atom is -0.391 e. The smallest absolute Gasteiger partial charge is 0.275 e. The first kappa shape index (κ1) is 18.6. The number of rotatable bonds is 5. The molecule has 0 aliphatic carbocycles. The Morgan fingerprint density at radius 1 is 1.33 bits per heavy atom. The van der Waals surface area contributed by atoms with Crippen LogP contribution >= 0.6 is 23.4 Å². The molecule has 0 bridgehead atoms. The summed E-state index contributed by atoms with van der Waals surface area (Å²) in [5.74, 6) is 0.173. The van der Waals surface area contributed by atoms with Crippen LogP contribution in [0.3, 0.4) is 0 Å². The molecule has 3 atom stereocenters. The van der Waals surface area contributed by atoms with Crippen molar-refractivity contribution in [2.45, 2.75) is 29.7 Å². The Morgan fingerprint density at radius 3 is 2.89 bits per heavy atom. The Bertz CT molecular complexity index is 987. The number of likely N-dealkylation sites (tertiary alicyclic amines) is 1. The molecule has 1 saturated heterocycles. The van der Waals surface area contributed by atoms with Crippen LogP contribution < -0.4 is 5.56 Å². The van der Waals surface area contributed by atoms with Crippen LogP contribution in [0, 0.1) is 5.92 Å². The Kier molecular flexibility index (Phi) is 5.27. The number of thioether (sulfide) groups is 1. The van der Waals surface area contributed by atoms with Crippen molar-refractivity contribution in [1.29, 1.82) is 0 Å². The van der Waals surface area contributed by atoms with Gasteiger partial charge in [-0.05, 0) is 24.3 Å². The van der Waals surface area contributed by atoms with Crippen molar-refractivity contribution in [3.05, 3.63) is 57.7 Å². The van der Waals surface area contributed by atoms with E-state index >= 15 is 0 Å². The molecule has 3 aromatic rings. The number of fused-ring (bicyclic) bond motifs is 1. The summed E-state index contributed by atoms with van der Waals surface area (Å²) in [4.78, 5) is 25.1. The molecule has 0 saturated carbocycles. The second kappa shape index (κ2) is 7.67. The van der Waals surface area contributed by atoms with Crippen molar-refractivity contribution >= 4 is 34.4 Å². The molecule has 1 aliphatic rings. The maximum Gasteiger partial charge on any atom is 0.275 e. The third-order valence-electron chi connectivity index (χ3n) is 5.09. The number of β-amino-alcohol motifs (C(OH)–C–C–N with tert-alkyl or cyclic N) is 1. The largest absolute Gasteiger partial charge is 0.391 e. The van der Waals surface area contributed by atoms with Gasteiger partial charge in [-0.15, -0.1) is 11.8 Å². The van der Waals surface area contributed by atoms with Crippen LogP contribution in [0.15, 0.2) is 46.5 Å². The Labute approximate surface area is 166 Å². The molecule has 3 N–H and O–H groups in total. The van der Waals surface area contributed by atoms with Crippen LogP contribution in [0.4, 0.5) is 0 Å². The minimum atomic E-state index is -0.374. The van der Waals surface area contributed by atoms with Gasteiger partial charge in [0.1, 0.15) is 5.52 Å². The van der Waals surface area contributed by atoms with Gasteiger partial charge in [0, 0.05) is 52.5 Å². The highest BCUT2D eigenvalue weighted by Gasteiger charge is 2.35. The molecule has 0 amide bonds. The van der Waals surface area contributed by atoms with E-state index in [1.54, 1.807) is 11.8 Å². The fraction of sp³-hybridized carbons (Fsp3) is 0.368. The van der Waals surface area contributed by atoms with Crippen molar-refractivity contribution in [2.75, 3.05) is 13.1 Å². The number of aromatic nitrogens is 3. The fourth-order valence-corrected chi connectivity index (χ4v) is 4.96. The highest BCUT2D eigenvalue weighted by Crippen LogP contribution is 2.34. The molecule has 0 radical (unpaired) electrons. The topological polar surface area (TPSA) is 85.0 Å². The standard InChI is InChI=1S/C19H21ClN4O2S/c1-11(27-14-4-2-13(20)3-5-14)15-8-24(9-16(15)25)7-12-6-21-18-17(12)22-10-23-19(18)26/h2-6,10-11,15-16,21,25H,7-9H2,1H3,(H,22,23,26)/t11?,15-,16+/m0/s1. The summed E-state index contributed by atoms with van der Waals surface area (Å²) in [6.45, 7) is 4.23. The van der Waals surface area contributed by atoms with Crippen molar-refractivity contribution in [3.8, 4) is 0 Å². The van der Waals surface area contributed by atoms with Gasteiger partial charge in [0.25, 0.3) is 5.56 Å². The molecular formula is C19H21ClN4O2S. The van der Waals surface area contributed by atoms with Gasteiger partial charge in [0.05, 0.1) is 17.9 Å². The lowest BCUT2D eigenvalue weighted by Gasteiger charge is -2.21. The van der Waals surface area contributed by atoms with Crippen LogP contribution in [0.2, 0.25) is 5.02 Å². The van der Waals surface area contributed by atoms with E-state index < -0.39 is 0 Å². The zero-order valence-corrected chi connectivity index (χ0v) is 16.4. The average molecular weight is 405 g/mol. The second-order valence-electron chi connectivity index (χ2n) is 6.97. The highest BCUT2D eigenvalue weighted by atomic mass is 35.5. The number of halogens is 1. The number of aromatic amines is 2. The van der Waals surface area contributed by atoms with Crippen molar-refractivity contribution < 1.29 is 5.11 Å². The number of benzene rings is 1. The van der Waals surface area contributed by atoms with E-state index in [1.165, 1.54) is 6.33 Å². The van der Waals surface area contributed by atoms with E-state index in [1.807, 2.05) is 30.5 Å². The van der Waals surface area contributed by atoms with E-state index in [0.717, 1.165) is 22.0 Å². The van der Waals surface area contributed by atoms with Crippen molar-refractivity contribution in [3.63, 3.8) is 0 Å². The molecule has 6 nitrogen and oxygen atoms in total. The summed E-state index contributed by atoms with van der Waals surface area (Å²) in [6.07, 6.45) is 2.88. The summed E-state index contributed by atoms with van der Waals surface area (Å²) < 4.78 is 0. The zero-order chi connectivity index (χ0) is 19.0. The number of hydrogen-bond acceptors (Lipinski definition) is 5. The zero-order valence-electron chi connectivity index (χ0n) is 14.9. The molecule has 8 heteroatoms. The molecule has 4 rings (SSSR count). The summed E-state index contributed by atoms with van der Waals surface area (Å²) in [6, 6.07) is 7.80. The third-order valence-corrected chi connectivity index (χ3v) is 6.61. The predicted molar refractivity (Wildman–Crippen MR) is 108 cm³/mol. The van der Waals surface area contributed by atoms with Gasteiger partial charge in [0.2, 0.25) is 0 Å². The van der Waals surface area contributed by atoms with Gasteiger partial charge in [-0.3, -0.25) is 9.69 Å². The lowest BCUT2D eigenvalue weighted by molar-refractivity contribution is 0.141. The molecule has 3 heterocycles. The lowest BCUT2D eigenvalue weighted by Crippen LogP contribution is -2.26. The second-order valence-corrected chi connectivity index (χ2v) is 8.86. The van der Waals surface area contributed by atoms with Crippen LogP contribution in [0.25, 0.3) is 11.0 Å². The molecule has 1 aromatic carbocycles. The van der Waals surface area contributed by atoms with E-state index in [0.29, 0.717) is 24.1 Å². The van der Waals surface area contributed by atoms with Crippen LogP contribution in [-0.2, 0) is 6.54 Å². The molecular weight excluding hydrogens is 384 g/mol. The molecule has 142 valence electrons. The third kappa shape index (κ3) is 3.91. The Hall–Kier alpha value is -1.80. The summed E-state index contributed by atoms with van der Waals surface area (Å²) in [5, 5.41) is 11.6. The number of aliphatic hydroxyl groups excluding tert-OH is 1. The highest BCUT2D eigenvalue weighted by molar-refractivity contribution is 8.00. The summed E-state index contributed by atoms with van der Waals surface area (Å²) in [7, 11) is 0. The molecule has 0 spiro atoms. The minimum absolute atomic E-state index is 0.168. The quantitative estimate of drug-likeness (QED) is 0.569. The summed E-state index contributed by atoms with van der Waals surface area (Å²) >= 11 is 7.71. The SMILES string of the molecule is CC(Sc1ccc(Cl)cc1)[C@@H]1CN(Cc2c[nH]c3c(=O)[nH]cnc23)C[C@H]1O. The van der Waals surface area contributed by atoms with E-state index in [9.17, 15) is 9.90 Å². The first-order valence-corrected chi connectivity index (χ1v) is 10.1. The van der Waals surface area contributed by atoms with Crippen LogP contribution in [-0.4, -0.2) is 49.4 Å². The lowest BCUT2D eigenvalue weighted by atomic mass is 10.0. The Morgan fingerprint density at radius 2 is 2.11 bits per heavy atom. The number of hydrogen-bond donors (Lipinski definition) is 3. The van der Waals surface area contributed by atoms with Gasteiger partial charge in [-0.1, -0.05) is 18.5 Å². The fourth-order valence-electron chi connectivity index (χ4n) is 3.67. The first-order valence-electron chi connectivity index (χ1n) is 8.87. The molecule has 1 aliphatic heterocycles. The molecule has 27 heavy (non-hydrogen) atoms.